The van der Waals surface area contributed by atoms with Gasteiger partial charge in [0.05, 0.1) is 24.0 Å². The SMILES string of the molecule is CC(=O)c1ncc(Cn2cc(NC(=O)C=Cc3ccc(C(F)(F)F)cc3)cn2)s1. The number of carbonyl (C=O) groups excluding carboxylic acids is 2. The van der Waals surface area contributed by atoms with Crippen LogP contribution in [-0.4, -0.2) is 26.5 Å². The van der Waals surface area contributed by atoms with E-state index in [1.807, 2.05) is 0 Å². The van der Waals surface area contributed by atoms with Crippen molar-refractivity contribution in [2.75, 3.05) is 5.32 Å². The van der Waals surface area contributed by atoms with Crippen molar-refractivity contribution in [1.82, 2.24) is 14.8 Å². The first-order chi connectivity index (χ1) is 13.7. The second-order valence-electron chi connectivity index (χ2n) is 6.06. The Kier molecular flexibility index (Phi) is 5.92. The lowest BCUT2D eigenvalue weighted by molar-refractivity contribution is -0.137. The summed E-state index contributed by atoms with van der Waals surface area (Å²) in [5, 5.41) is 7.18. The molecule has 0 aliphatic rings. The number of Topliss-reactive ketones (excluding diaryl/α,β-unsaturated/α-hetero) is 1. The average Bonchev–Trinajstić information content (AvgIpc) is 3.30. The van der Waals surface area contributed by atoms with Crippen molar-refractivity contribution in [2.45, 2.75) is 19.6 Å². The molecule has 0 atom stereocenters. The Hall–Kier alpha value is -3.27. The van der Waals surface area contributed by atoms with Gasteiger partial charge in [-0.15, -0.1) is 11.3 Å². The molecular weight excluding hydrogens is 405 g/mol. The van der Waals surface area contributed by atoms with Gasteiger partial charge in [-0.1, -0.05) is 12.1 Å². The molecule has 2 aromatic heterocycles. The number of hydrogen-bond acceptors (Lipinski definition) is 5. The van der Waals surface area contributed by atoms with E-state index in [-0.39, 0.29) is 5.78 Å². The first kappa shape index (κ1) is 20.5. The minimum Gasteiger partial charge on any atom is -0.320 e. The van der Waals surface area contributed by atoms with E-state index in [1.54, 1.807) is 17.1 Å². The summed E-state index contributed by atoms with van der Waals surface area (Å²) in [6.45, 7) is 1.85. The van der Waals surface area contributed by atoms with E-state index >= 15 is 0 Å². The molecule has 0 spiro atoms. The number of aromatic nitrogens is 3. The van der Waals surface area contributed by atoms with Crippen LogP contribution in [-0.2, 0) is 17.5 Å². The quantitative estimate of drug-likeness (QED) is 0.478. The molecule has 0 aliphatic carbocycles. The summed E-state index contributed by atoms with van der Waals surface area (Å²) < 4.78 is 39.2. The van der Waals surface area contributed by atoms with Crippen molar-refractivity contribution in [1.29, 1.82) is 0 Å². The molecule has 0 unspecified atom stereocenters. The highest BCUT2D eigenvalue weighted by Crippen LogP contribution is 2.29. The maximum absolute atomic E-state index is 12.5. The third kappa shape index (κ3) is 5.61. The number of thiazole rings is 1. The Bertz CT molecular complexity index is 1050. The Balaban J connectivity index is 1.57. The van der Waals surface area contributed by atoms with Crippen molar-refractivity contribution in [3.05, 3.63) is 69.9 Å². The molecule has 1 N–H and O–H groups in total. The van der Waals surface area contributed by atoms with E-state index in [9.17, 15) is 22.8 Å². The zero-order valence-corrected chi connectivity index (χ0v) is 15.9. The van der Waals surface area contributed by atoms with Gasteiger partial charge in [0.1, 0.15) is 0 Å². The number of carbonyl (C=O) groups is 2. The minimum atomic E-state index is -4.40. The zero-order chi connectivity index (χ0) is 21.0. The number of rotatable bonds is 6. The Labute approximate surface area is 167 Å². The van der Waals surface area contributed by atoms with Gasteiger partial charge < -0.3 is 5.32 Å². The summed E-state index contributed by atoms with van der Waals surface area (Å²) in [4.78, 5) is 28.2. The van der Waals surface area contributed by atoms with Gasteiger partial charge in [0.2, 0.25) is 5.91 Å². The lowest BCUT2D eigenvalue weighted by Gasteiger charge is -2.05. The fourth-order valence-corrected chi connectivity index (χ4v) is 3.16. The summed E-state index contributed by atoms with van der Waals surface area (Å²) in [6.07, 6.45) is 2.94. The fraction of sp³-hybridized carbons (Fsp3) is 0.158. The van der Waals surface area contributed by atoms with Crippen LogP contribution in [0.3, 0.4) is 0 Å². The highest BCUT2D eigenvalue weighted by Gasteiger charge is 2.29. The molecule has 0 bridgehead atoms. The average molecular weight is 420 g/mol. The van der Waals surface area contributed by atoms with Gasteiger partial charge >= 0.3 is 6.18 Å². The number of hydrogen-bond donors (Lipinski definition) is 1. The van der Waals surface area contributed by atoms with E-state index in [1.165, 1.54) is 48.7 Å². The van der Waals surface area contributed by atoms with Crippen LogP contribution in [0.4, 0.5) is 18.9 Å². The van der Waals surface area contributed by atoms with Crippen LogP contribution in [0.2, 0.25) is 0 Å². The van der Waals surface area contributed by atoms with Gasteiger partial charge in [-0.05, 0) is 23.8 Å². The molecule has 0 radical (unpaired) electrons. The lowest BCUT2D eigenvalue weighted by atomic mass is 10.1. The minimum absolute atomic E-state index is 0.102. The predicted molar refractivity (Wildman–Crippen MR) is 103 cm³/mol. The van der Waals surface area contributed by atoms with Gasteiger partial charge in [-0.2, -0.15) is 18.3 Å². The normalized spacial score (nSPS) is 11.7. The molecule has 1 aromatic carbocycles. The number of benzene rings is 1. The number of nitrogens with one attached hydrogen (secondary N) is 1. The maximum atomic E-state index is 12.5. The summed E-state index contributed by atoms with van der Waals surface area (Å²) in [7, 11) is 0. The van der Waals surface area contributed by atoms with Gasteiger partial charge in [0.25, 0.3) is 0 Å². The summed E-state index contributed by atoms with van der Waals surface area (Å²) in [5.41, 5.74) is 0.182. The third-order valence-electron chi connectivity index (χ3n) is 3.74. The molecule has 10 heteroatoms. The molecule has 150 valence electrons. The van der Waals surface area contributed by atoms with Crippen LogP contribution in [0.5, 0.6) is 0 Å². The van der Waals surface area contributed by atoms with E-state index in [0.29, 0.717) is 22.8 Å². The molecule has 3 aromatic rings. The van der Waals surface area contributed by atoms with E-state index in [0.717, 1.165) is 17.0 Å². The third-order valence-corrected chi connectivity index (χ3v) is 4.82. The van der Waals surface area contributed by atoms with Crippen LogP contribution >= 0.6 is 11.3 Å². The van der Waals surface area contributed by atoms with Crippen LogP contribution in [0.15, 0.2) is 48.9 Å². The predicted octanol–water partition coefficient (Wildman–Crippen LogP) is 4.26. The number of anilines is 1. The van der Waals surface area contributed by atoms with E-state index in [4.69, 9.17) is 0 Å². The van der Waals surface area contributed by atoms with Crippen molar-refractivity contribution in [3.63, 3.8) is 0 Å². The van der Waals surface area contributed by atoms with Crippen LogP contribution in [0.1, 0.15) is 32.7 Å². The Morgan fingerprint density at radius 2 is 1.93 bits per heavy atom. The molecule has 2 heterocycles. The number of amides is 1. The Morgan fingerprint density at radius 1 is 1.21 bits per heavy atom. The van der Waals surface area contributed by atoms with Crippen LogP contribution < -0.4 is 5.32 Å². The fourth-order valence-electron chi connectivity index (χ4n) is 2.36. The topological polar surface area (TPSA) is 76.9 Å². The smallest absolute Gasteiger partial charge is 0.320 e. The van der Waals surface area contributed by atoms with Gasteiger partial charge in [-0.3, -0.25) is 14.3 Å². The molecule has 6 nitrogen and oxygen atoms in total. The van der Waals surface area contributed by atoms with Gasteiger partial charge in [-0.25, -0.2) is 4.98 Å². The first-order valence-electron chi connectivity index (χ1n) is 8.35. The van der Waals surface area contributed by atoms with Crippen molar-refractivity contribution in [2.24, 2.45) is 0 Å². The largest absolute Gasteiger partial charge is 0.416 e. The molecule has 0 aliphatic heterocycles. The summed E-state index contributed by atoms with van der Waals surface area (Å²) >= 11 is 1.28. The second kappa shape index (κ2) is 8.39. The van der Waals surface area contributed by atoms with Gasteiger partial charge in [0.15, 0.2) is 10.8 Å². The monoisotopic (exact) mass is 420 g/mol. The van der Waals surface area contributed by atoms with Gasteiger partial charge in [0, 0.05) is 30.3 Å². The Morgan fingerprint density at radius 3 is 2.55 bits per heavy atom. The van der Waals surface area contributed by atoms with Crippen molar-refractivity contribution < 1.29 is 22.8 Å². The molecule has 0 saturated carbocycles. The highest BCUT2D eigenvalue weighted by molar-refractivity contribution is 7.13. The number of alkyl halides is 3. The highest BCUT2D eigenvalue weighted by atomic mass is 32.1. The summed E-state index contributed by atoms with van der Waals surface area (Å²) in [6, 6.07) is 4.49. The van der Waals surface area contributed by atoms with E-state index in [2.05, 4.69) is 15.4 Å². The van der Waals surface area contributed by atoms with Crippen LogP contribution in [0, 0.1) is 0 Å². The standard InChI is InChI=1S/C19H15F3N4O2S/c1-12(27)18-23-9-16(29-18)11-26-10-15(8-24-26)25-17(28)7-4-13-2-5-14(6-3-13)19(20,21)22/h2-10H,11H2,1H3,(H,25,28). The molecule has 1 amide bonds. The van der Waals surface area contributed by atoms with E-state index < -0.39 is 17.6 Å². The molecular formula is C19H15F3N4O2S. The first-order valence-corrected chi connectivity index (χ1v) is 9.17. The van der Waals surface area contributed by atoms with Crippen molar-refractivity contribution >= 4 is 34.8 Å². The van der Waals surface area contributed by atoms with Crippen LogP contribution in [0.25, 0.3) is 6.08 Å². The molecule has 0 fully saturated rings. The van der Waals surface area contributed by atoms with Crippen molar-refractivity contribution in [3.8, 4) is 0 Å². The molecule has 3 rings (SSSR count). The maximum Gasteiger partial charge on any atom is 0.416 e. The second-order valence-corrected chi connectivity index (χ2v) is 7.17. The number of ketones is 1. The number of nitrogens with zero attached hydrogens (tertiary/aromatic N) is 3. The zero-order valence-electron chi connectivity index (χ0n) is 15.1. The lowest BCUT2D eigenvalue weighted by Crippen LogP contribution is -2.07. The number of halogens is 3. The summed E-state index contributed by atoms with van der Waals surface area (Å²) in [5.74, 6) is -0.546. The molecule has 29 heavy (non-hydrogen) atoms. The molecule has 0 saturated heterocycles.